The topological polar surface area (TPSA) is 54.7 Å². The molecule has 1 N–H and O–H groups in total. The Labute approximate surface area is 92.3 Å². The number of fused-ring (bicyclic) bond motifs is 1. The molecular weight excluding hydrogens is 202 g/mol. The molecule has 0 radical (unpaired) electrons. The molecule has 0 saturated carbocycles. The maximum atomic E-state index is 5.51. The predicted molar refractivity (Wildman–Crippen MR) is 61.1 cm³/mol. The van der Waals surface area contributed by atoms with Crippen LogP contribution in [0.3, 0.4) is 0 Å². The molecule has 0 aliphatic carbocycles. The van der Waals surface area contributed by atoms with Crippen LogP contribution in [-0.4, -0.2) is 15.0 Å². The summed E-state index contributed by atoms with van der Waals surface area (Å²) in [6.07, 6.45) is 1.81. The third-order valence-corrected chi connectivity index (χ3v) is 2.45. The minimum absolute atomic E-state index is 0.717. The van der Waals surface area contributed by atoms with E-state index >= 15 is 0 Å². The van der Waals surface area contributed by atoms with Crippen molar-refractivity contribution in [3.63, 3.8) is 0 Å². The van der Waals surface area contributed by atoms with Gasteiger partial charge in [0, 0.05) is 6.20 Å². The van der Waals surface area contributed by atoms with Crippen LogP contribution in [0.15, 0.2) is 28.8 Å². The lowest BCUT2D eigenvalue weighted by Gasteiger charge is -1.88. The Kier molecular flexibility index (Phi) is 1.83. The van der Waals surface area contributed by atoms with E-state index in [1.54, 1.807) is 6.20 Å². The molecule has 0 unspecified atom stereocenters. The van der Waals surface area contributed by atoms with Crippen molar-refractivity contribution >= 4 is 11.2 Å². The maximum absolute atomic E-state index is 5.51. The molecular formula is C12H11N3O. The van der Waals surface area contributed by atoms with Crippen LogP contribution in [0.2, 0.25) is 0 Å². The van der Waals surface area contributed by atoms with E-state index in [4.69, 9.17) is 4.42 Å². The van der Waals surface area contributed by atoms with Gasteiger partial charge in [-0.25, -0.2) is 9.97 Å². The largest absolute Gasteiger partial charge is 0.458 e. The lowest BCUT2D eigenvalue weighted by atomic mass is 10.3. The number of aromatic nitrogens is 3. The fourth-order valence-corrected chi connectivity index (χ4v) is 1.68. The number of nitrogens with zero attached hydrogens (tertiary/aromatic N) is 2. The van der Waals surface area contributed by atoms with Crippen molar-refractivity contribution in [2.24, 2.45) is 0 Å². The summed E-state index contributed by atoms with van der Waals surface area (Å²) < 4.78 is 5.51. The number of pyridine rings is 1. The van der Waals surface area contributed by atoms with Crippen LogP contribution in [0.1, 0.15) is 11.3 Å². The predicted octanol–water partition coefficient (Wildman–Crippen LogP) is 2.83. The number of H-pyrrole nitrogens is 1. The summed E-state index contributed by atoms with van der Waals surface area (Å²) in [6, 6.07) is 5.84. The van der Waals surface area contributed by atoms with Crippen LogP contribution in [0.4, 0.5) is 0 Å². The van der Waals surface area contributed by atoms with E-state index in [0.29, 0.717) is 0 Å². The first-order chi connectivity index (χ1) is 7.72. The molecule has 4 nitrogen and oxygen atoms in total. The van der Waals surface area contributed by atoms with Gasteiger partial charge in [-0.05, 0) is 37.6 Å². The van der Waals surface area contributed by atoms with Crippen molar-refractivity contribution in [3.8, 4) is 11.6 Å². The van der Waals surface area contributed by atoms with Gasteiger partial charge in [-0.3, -0.25) is 0 Å². The fraction of sp³-hybridized carbons (Fsp3) is 0.167. The minimum atomic E-state index is 0.717. The second-order valence-corrected chi connectivity index (χ2v) is 3.88. The molecule has 0 fully saturated rings. The molecule has 0 aromatic carbocycles. The van der Waals surface area contributed by atoms with Gasteiger partial charge in [0.1, 0.15) is 5.76 Å². The highest BCUT2D eigenvalue weighted by molar-refractivity contribution is 5.75. The Morgan fingerprint density at radius 3 is 2.88 bits per heavy atom. The molecule has 0 bridgehead atoms. The molecule has 0 saturated heterocycles. The molecule has 3 aromatic rings. The van der Waals surface area contributed by atoms with E-state index in [0.717, 1.165) is 34.1 Å². The Bertz CT molecular complexity index is 651. The summed E-state index contributed by atoms with van der Waals surface area (Å²) >= 11 is 0. The van der Waals surface area contributed by atoms with Crippen molar-refractivity contribution in [3.05, 3.63) is 35.7 Å². The Morgan fingerprint density at radius 1 is 1.25 bits per heavy atom. The first kappa shape index (κ1) is 9.15. The zero-order valence-electron chi connectivity index (χ0n) is 9.11. The van der Waals surface area contributed by atoms with Crippen molar-refractivity contribution in [1.82, 2.24) is 15.0 Å². The summed E-state index contributed by atoms with van der Waals surface area (Å²) in [5.41, 5.74) is 2.76. The lowest BCUT2D eigenvalue weighted by molar-refractivity contribution is 0.545. The molecule has 16 heavy (non-hydrogen) atoms. The number of rotatable bonds is 1. The van der Waals surface area contributed by atoms with Gasteiger partial charge in [-0.1, -0.05) is 0 Å². The van der Waals surface area contributed by atoms with E-state index in [1.165, 1.54) is 0 Å². The van der Waals surface area contributed by atoms with E-state index in [1.807, 2.05) is 32.0 Å². The molecule has 0 aliphatic rings. The minimum Gasteiger partial charge on any atom is -0.458 e. The number of hydrogen-bond donors (Lipinski definition) is 1. The van der Waals surface area contributed by atoms with Crippen molar-refractivity contribution in [2.45, 2.75) is 13.8 Å². The van der Waals surface area contributed by atoms with Crippen molar-refractivity contribution < 1.29 is 4.42 Å². The highest BCUT2D eigenvalue weighted by Gasteiger charge is 2.09. The second-order valence-electron chi connectivity index (χ2n) is 3.88. The van der Waals surface area contributed by atoms with Gasteiger partial charge in [-0.15, -0.1) is 0 Å². The Balaban J connectivity index is 2.18. The molecule has 0 atom stereocenters. The zero-order chi connectivity index (χ0) is 11.1. The van der Waals surface area contributed by atoms with Gasteiger partial charge in [0.2, 0.25) is 0 Å². The van der Waals surface area contributed by atoms with Gasteiger partial charge in [0.15, 0.2) is 17.2 Å². The number of aryl methyl sites for hydroxylation is 2. The normalized spacial score (nSPS) is 11.1. The van der Waals surface area contributed by atoms with Crippen molar-refractivity contribution in [2.75, 3.05) is 0 Å². The number of hydrogen-bond acceptors (Lipinski definition) is 3. The third kappa shape index (κ3) is 1.39. The molecule has 3 aromatic heterocycles. The van der Waals surface area contributed by atoms with Gasteiger partial charge in [0.25, 0.3) is 0 Å². The average molecular weight is 213 g/mol. The zero-order valence-corrected chi connectivity index (χ0v) is 9.11. The molecule has 3 rings (SSSR count). The first-order valence-electron chi connectivity index (χ1n) is 5.11. The first-order valence-corrected chi connectivity index (χ1v) is 5.11. The molecule has 3 heterocycles. The quantitative estimate of drug-likeness (QED) is 0.676. The Hall–Kier alpha value is -2.10. The van der Waals surface area contributed by atoms with Crippen molar-refractivity contribution in [1.29, 1.82) is 0 Å². The van der Waals surface area contributed by atoms with Gasteiger partial charge in [0.05, 0.1) is 5.52 Å². The number of aromatic amines is 1. The average Bonchev–Trinajstić information content (AvgIpc) is 2.83. The summed E-state index contributed by atoms with van der Waals surface area (Å²) in [5, 5.41) is 0. The van der Waals surface area contributed by atoms with Gasteiger partial charge >= 0.3 is 0 Å². The summed E-state index contributed by atoms with van der Waals surface area (Å²) in [4.78, 5) is 11.8. The van der Waals surface area contributed by atoms with Crippen LogP contribution in [0.25, 0.3) is 22.7 Å². The maximum Gasteiger partial charge on any atom is 0.178 e. The van der Waals surface area contributed by atoms with E-state index < -0.39 is 0 Å². The number of furan rings is 1. The second kappa shape index (κ2) is 3.20. The SMILES string of the molecule is Cc1cnc2nc(-c3ccc(C)o3)[nH]c2c1. The van der Waals surface area contributed by atoms with Crippen LogP contribution >= 0.6 is 0 Å². The van der Waals surface area contributed by atoms with Gasteiger partial charge < -0.3 is 9.40 Å². The monoisotopic (exact) mass is 213 g/mol. The van der Waals surface area contributed by atoms with Gasteiger partial charge in [-0.2, -0.15) is 0 Å². The fourth-order valence-electron chi connectivity index (χ4n) is 1.68. The summed E-state index contributed by atoms with van der Waals surface area (Å²) in [6.45, 7) is 3.92. The van der Waals surface area contributed by atoms with Crippen LogP contribution in [-0.2, 0) is 0 Å². The smallest absolute Gasteiger partial charge is 0.178 e. The summed E-state index contributed by atoms with van der Waals surface area (Å²) in [5.74, 6) is 2.34. The molecule has 80 valence electrons. The number of imidazole rings is 1. The highest BCUT2D eigenvalue weighted by Crippen LogP contribution is 2.21. The summed E-state index contributed by atoms with van der Waals surface area (Å²) in [7, 11) is 0. The van der Waals surface area contributed by atoms with Crippen LogP contribution < -0.4 is 0 Å². The molecule has 4 heteroatoms. The van der Waals surface area contributed by atoms with E-state index in [9.17, 15) is 0 Å². The third-order valence-electron chi connectivity index (χ3n) is 2.45. The Morgan fingerprint density at radius 2 is 2.12 bits per heavy atom. The van der Waals surface area contributed by atoms with E-state index in [-0.39, 0.29) is 0 Å². The molecule has 0 spiro atoms. The highest BCUT2D eigenvalue weighted by atomic mass is 16.3. The number of nitrogens with one attached hydrogen (secondary N) is 1. The molecule has 0 aliphatic heterocycles. The lowest BCUT2D eigenvalue weighted by Crippen LogP contribution is -1.77. The van der Waals surface area contributed by atoms with E-state index in [2.05, 4.69) is 15.0 Å². The molecule has 0 amide bonds. The van der Waals surface area contributed by atoms with Crippen LogP contribution in [0, 0.1) is 13.8 Å². The van der Waals surface area contributed by atoms with Crippen LogP contribution in [0.5, 0.6) is 0 Å². The standard InChI is InChI=1S/C12H11N3O/c1-7-5-9-11(13-6-7)15-12(14-9)10-4-3-8(2)16-10/h3-6H,1-2H3,(H,13,14,15).